The maximum absolute atomic E-state index is 2.79. The minimum Gasteiger partial charge on any atom is -0.138 e. The second-order valence-corrected chi connectivity index (χ2v) is 87.7. The third kappa shape index (κ3) is 10.5. The van der Waals surface area contributed by atoms with Crippen molar-refractivity contribution in [1.29, 1.82) is 0 Å². The van der Waals surface area contributed by atoms with Crippen molar-refractivity contribution in [1.82, 2.24) is 0 Å². The van der Waals surface area contributed by atoms with Crippen LogP contribution in [0.4, 0.5) is 0 Å². The second kappa shape index (κ2) is 20.6. The van der Waals surface area contributed by atoms with Gasteiger partial charge in [0.25, 0.3) is 0 Å². The standard InChI is InChI=1S/C35H47PSi3.C21H51PSi3/c1-34(2,3)38(30-22-14-10-15-23-30,31-24-16-11-17-25-31)36(37(7,8)9)39(35(4,5)6,32-26-18-12-19-27-32)33-28-20-13-21-29-33;1-17(2)25(18(3)4,19(5)6)22(23(13,14)20(7,8)9)24(15,16)21(10,11)12/h10-29H,1-9H3;17-19H,1-16H3. The van der Waals surface area contributed by atoms with E-state index in [1.807, 2.05) is 0 Å². The molecule has 0 fully saturated rings. The Morgan fingerprint density at radius 3 is 0.656 bits per heavy atom. The molecule has 0 saturated heterocycles. The van der Waals surface area contributed by atoms with E-state index < -0.39 is 53.0 Å². The first kappa shape index (κ1) is 57.4. The number of benzene rings is 4. The van der Waals surface area contributed by atoms with Crippen molar-refractivity contribution in [3.8, 4) is 0 Å². The molecule has 4 aromatic rings. The molecule has 0 unspecified atom stereocenters. The third-order valence-electron chi connectivity index (χ3n) is 16.2. The topological polar surface area (TPSA) is 0 Å². The molecule has 64 heavy (non-hydrogen) atoms. The SMILES string of the molecule is CC(C)(C)[Si](c1ccccc1)(c1ccccc1)P([Si](C)(C)C)[Si](c1ccccc1)(c1ccccc1)C(C)(C)C.CC(C)[Si](C(C)C)(C(C)C)P([Si](C)(C)C(C)(C)C)[Si](C)(C)C(C)(C)C. The van der Waals surface area contributed by atoms with Crippen LogP contribution in [0.25, 0.3) is 0 Å². The Kier molecular flexibility index (Phi) is 18.4. The lowest BCUT2D eigenvalue weighted by Gasteiger charge is -2.65. The summed E-state index contributed by atoms with van der Waals surface area (Å²) in [5, 5.41) is 7.69. The summed E-state index contributed by atoms with van der Waals surface area (Å²) in [4.78, 5) is 0. The molecule has 0 aliphatic rings. The van der Waals surface area contributed by atoms with E-state index in [1.165, 1.54) is 0 Å². The molecule has 0 aromatic heterocycles. The first-order valence-corrected chi connectivity index (χ1v) is 48.3. The average molecular weight is 1000 g/mol. The summed E-state index contributed by atoms with van der Waals surface area (Å²) in [7, 11) is -11.0. The molecule has 0 saturated carbocycles. The lowest BCUT2D eigenvalue weighted by Crippen LogP contribution is -2.76. The average Bonchev–Trinajstić information content (AvgIpc) is 3.16. The van der Waals surface area contributed by atoms with Crippen molar-refractivity contribution >= 4 is 80.3 Å². The van der Waals surface area contributed by atoms with Gasteiger partial charge in [-0.1, -0.05) is 292 Å². The van der Waals surface area contributed by atoms with E-state index in [0.29, 0.717) is 10.1 Å². The van der Waals surface area contributed by atoms with Gasteiger partial charge >= 0.3 is 0 Å². The van der Waals surface area contributed by atoms with E-state index in [0.717, 1.165) is 16.6 Å². The Bertz CT molecular complexity index is 1800. The number of rotatable bonds is 13. The molecule has 0 amide bonds. The molecule has 4 aromatic carbocycles. The third-order valence-corrected chi connectivity index (χ3v) is 128. The monoisotopic (exact) mass is 1000 g/mol. The van der Waals surface area contributed by atoms with E-state index in [9.17, 15) is 0 Å². The van der Waals surface area contributed by atoms with Crippen LogP contribution in [0, 0.1) is 0 Å². The van der Waals surface area contributed by atoms with Crippen molar-refractivity contribution in [2.24, 2.45) is 0 Å². The zero-order valence-corrected chi connectivity index (χ0v) is 54.0. The Balaban J connectivity index is 0.000000379. The molecule has 0 heterocycles. The van der Waals surface area contributed by atoms with Crippen molar-refractivity contribution in [2.75, 3.05) is 0 Å². The van der Waals surface area contributed by atoms with Crippen LogP contribution in [0.5, 0.6) is 0 Å². The van der Waals surface area contributed by atoms with Gasteiger partial charge in [-0.2, -0.15) is 0 Å². The molecule has 4 rings (SSSR count). The van der Waals surface area contributed by atoms with Gasteiger partial charge in [-0.15, -0.1) is 13.1 Å². The van der Waals surface area contributed by atoms with Gasteiger partial charge in [0.15, 0.2) is 0 Å². The highest BCUT2D eigenvalue weighted by Crippen LogP contribution is 2.78. The van der Waals surface area contributed by atoms with E-state index in [1.54, 1.807) is 20.7 Å². The van der Waals surface area contributed by atoms with Crippen LogP contribution in [0.15, 0.2) is 121 Å². The fourth-order valence-corrected chi connectivity index (χ4v) is 169. The summed E-state index contributed by atoms with van der Waals surface area (Å²) in [6, 6.07) is 47.2. The van der Waals surface area contributed by atoms with Gasteiger partial charge in [-0.3, -0.25) is 0 Å². The van der Waals surface area contributed by atoms with E-state index in [4.69, 9.17) is 0 Å². The second-order valence-electron chi connectivity index (χ2n) is 26.2. The predicted octanol–water partition coefficient (Wildman–Crippen LogP) is 18.1. The maximum Gasteiger partial charge on any atom is 0.142 e. The summed E-state index contributed by atoms with van der Waals surface area (Å²) in [5.74, 6) is 0. The molecule has 0 atom stereocenters. The van der Waals surface area contributed by atoms with Crippen LogP contribution >= 0.6 is 13.1 Å². The Morgan fingerprint density at radius 2 is 0.516 bits per heavy atom. The Hall–Kier alpha value is -0.959. The Morgan fingerprint density at radius 1 is 0.312 bits per heavy atom. The highest BCUT2D eigenvalue weighted by atomic mass is 31.8. The highest BCUT2D eigenvalue weighted by molar-refractivity contribution is 8.41. The van der Waals surface area contributed by atoms with Crippen LogP contribution in [-0.4, -0.2) is 46.4 Å². The smallest absolute Gasteiger partial charge is 0.138 e. The van der Waals surface area contributed by atoms with E-state index >= 15 is 0 Å². The van der Waals surface area contributed by atoms with Gasteiger partial charge < -0.3 is 0 Å². The fraction of sp³-hybridized carbons (Fsp3) is 0.571. The first-order chi connectivity index (χ1) is 29.0. The molecule has 0 radical (unpaired) electrons. The van der Waals surface area contributed by atoms with Gasteiger partial charge in [0.2, 0.25) is 0 Å². The fourth-order valence-electron chi connectivity index (χ4n) is 12.3. The molecule has 8 heteroatoms. The lowest BCUT2D eigenvalue weighted by molar-refractivity contribution is 0.730. The molecule has 0 N–H and O–H groups in total. The first-order valence-electron chi connectivity index (χ1n) is 24.8. The normalized spacial score (nSPS) is 14.4. The quantitative estimate of drug-likeness (QED) is 0.0925. The van der Waals surface area contributed by atoms with Gasteiger partial charge in [-0.05, 0) is 57.5 Å². The summed E-state index contributed by atoms with van der Waals surface area (Å²) < 4.78 is 0. The van der Waals surface area contributed by atoms with Crippen LogP contribution in [0.2, 0.25) is 82.6 Å². The zero-order chi connectivity index (χ0) is 49.3. The molecular formula is C56H98P2Si6. The molecule has 0 nitrogen and oxygen atoms in total. The number of hydrogen-bond donors (Lipinski definition) is 0. The lowest BCUT2D eigenvalue weighted by atomic mass is 10.2. The van der Waals surface area contributed by atoms with E-state index in [-0.39, 0.29) is 16.6 Å². The summed E-state index contributed by atoms with van der Waals surface area (Å²) in [5.41, 5.74) is 2.67. The molecule has 0 bridgehead atoms. The minimum atomic E-state index is -2.44. The summed E-state index contributed by atoms with van der Waals surface area (Å²) >= 11 is 0. The number of hydrogen-bond acceptors (Lipinski definition) is 0. The van der Waals surface area contributed by atoms with Crippen LogP contribution in [0.1, 0.15) is 125 Å². The van der Waals surface area contributed by atoms with Gasteiger partial charge in [0.1, 0.15) is 15.5 Å². The molecule has 0 aliphatic heterocycles. The Labute approximate surface area is 406 Å². The molecule has 356 valence electrons. The van der Waals surface area contributed by atoms with Crippen molar-refractivity contribution < 1.29 is 0 Å². The van der Waals surface area contributed by atoms with Gasteiger partial charge in [0.05, 0.1) is 31.0 Å². The predicted molar refractivity (Wildman–Crippen MR) is 318 cm³/mol. The van der Waals surface area contributed by atoms with Crippen LogP contribution in [0.3, 0.4) is 0 Å². The molecule has 0 aliphatic carbocycles. The van der Waals surface area contributed by atoms with Gasteiger partial charge in [0, 0.05) is 0 Å². The zero-order valence-electron chi connectivity index (χ0n) is 46.2. The maximum atomic E-state index is 2.79. The minimum absolute atomic E-state index is 0.120. The van der Waals surface area contributed by atoms with Crippen LogP contribution < -0.4 is 20.7 Å². The van der Waals surface area contributed by atoms with Crippen molar-refractivity contribution in [2.45, 2.75) is 207 Å². The van der Waals surface area contributed by atoms with Gasteiger partial charge in [-0.25, -0.2) is 0 Å². The van der Waals surface area contributed by atoms with Crippen molar-refractivity contribution in [3.63, 3.8) is 0 Å². The van der Waals surface area contributed by atoms with Crippen LogP contribution in [-0.2, 0) is 0 Å². The van der Waals surface area contributed by atoms with E-state index in [2.05, 4.69) is 292 Å². The molecular weight excluding hydrogens is 903 g/mol. The molecule has 0 spiro atoms. The highest BCUT2D eigenvalue weighted by Gasteiger charge is 2.68. The summed E-state index contributed by atoms with van der Waals surface area (Å²) in [6.07, 6.45) is 0. The largest absolute Gasteiger partial charge is 0.142 e. The summed E-state index contributed by atoms with van der Waals surface area (Å²) in [6.45, 7) is 65.4. The van der Waals surface area contributed by atoms with Crippen molar-refractivity contribution in [3.05, 3.63) is 121 Å².